The van der Waals surface area contributed by atoms with Crippen molar-refractivity contribution >= 4 is 12.4 Å². The van der Waals surface area contributed by atoms with Gasteiger partial charge >= 0.3 is 0 Å². The van der Waals surface area contributed by atoms with Gasteiger partial charge in [-0.15, -0.1) is 12.4 Å². The van der Waals surface area contributed by atoms with Gasteiger partial charge in [0.15, 0.2) is 0 Å². The lowest BCUT2D eigenvalue weighted by Crippen LogP contribution is -2.10. The SMILES string of the molecule is CN[C@@H]1C[C@H]1c1cccc(F)c1.Cl. The van der Waals surface area contributed by atoms with E-state index in [9.17, 15) is 4.39 Å². The molecule has 0 amide bonds. The number of halogens is 2. The average Bonchev–Trinajstić information content (AvgIpc) is 2.83. The van der Waals surface area contributed by atoms with Crippen molar-refractivity contribution in [3.8, 4) is 0 Å². The van der Waals surface area contributed by atoms with Crippen LogP contribution in [0.2, 0.25) is 0 Å². The molecule has 0 radical (unpaired) electrons. The van der Waals surface area contributed by atoms with Gasteiger partial charge in [-0.3, -0.25) is 0 Å². The van der Waals surface area contributed by atoms with E-state index in [-0.39, 0.29) is 18.2 Å². The lowest BCUT2D eigenvalue weighted by Gasteiger charge is -1.98. The Hall–Kier alpha value is -0.600. The van der Waals surface area contributed by atoms with E-state index in [4.69, 9.17) is 0 Å². The molecule has 72 valence electrons. The van der Waals surface area contributed by atoms with E-state index < -0.39 is 0 Å². The molecule has 1 saturated carbocycles. The van der Waals surface area contributed by atoms with Crippen LogP contribution in [0.4, 0.5) is 4.39 Å². The van der Waals surface area contributed by atoms with Gasteiger partial charge in [0.1, 0.15) is 5.82 Å². The number of hydrogen-bond donors (Lipinski definition) is 1. The first-order chi connectivity index (χ1) is 5.81. The molecule has 2 atom stereocenters. The molecule has 1 aliphatic carbocycles. The van der Waals surface area contributed by atoms with Crippen molar-refractivity contribution in [1.82, 2.24) is 5.32 Å². The number of rotatable bonds is 2. The summed E-state index contributed by atoms with van der Waals surface area (Å²) in [5, 5.41) is 3.18. The normalized spacial score (nSPS) is 25.1. The van der Waals surface area contributed by atoms with Crippen LogP contribution in [0.5, 0.6) is 0 Å². The highest BCUT2D eigenvalue weighted by Crippen LogP contribution is 2.40. The molecule has 0 aromatic heterocycles. The Bertz CT molecular complexity index is 290. The quantitative estimate of drug-likeness (QED) is 0.775. The minimum Gasteiger partial charge on any atom is -0.316 e. The molecule has 1 aliphatic rings. The van der Waals surface area contributed by atoms with Crippen molar-refractivity contribution in [3.63, 3.8) is 0 Å². The fourth-order valence-electron chi connectivity index (χ4n) is 1.62. The Labute approximate surface area is 83.8 Å². The summed E-state index contributed by atoms with van der Waals surface area (Å²) in [5.41, 5.74) is 1.12. The molecule has 1 aromatic carbocycles. The van der Waals surface area contributed by atoms with Crippen LogP contribution in [-0.2, 0) is 0 Å². The molecule has 0 spiro atoms. The highest BCUT2D eigenvalue weighted by molar-refractivity contribution is 5.85. The molecular weight excluding hydrogens is 189 g/mol. The van der Waals surface area contributed by atoms with E-state index in [1.807, 2.05) is 13.1 Å². The van der Waals surface area contributed by atoms with Crippen molar-refractivity contribution in [2.75, 3.05) is 7.05 Å². The molecule has 0 bridgehead atoms. The summed E-state index contributed by atoms with van der Waals surface area (Å²) in [6.45, 7) is 0. The second kappa shape index (κ2) is 4.07. The molecule has 1 nitrogen and oxygen atoms in total. The average molecular weight is 202 g/mol. The van der Waals surface area contributed by atoms with Crippen LogP contribution in [0.25, 0.3) is 0 Å². The maximum atomic E-state index is 12.8. The van der Waals surface area contributed by atoms with Crippen molar-refractivity contribution in [2.24, 2.45) is 0 Å². The Morgan fingerprint density at radius 1 is 1.46 bits per heavy atom. The third kappa shape index (κ3) is 2.20. The summed E-state index contributed by atoms with van der Waals surface area (Å²) >= 11 is 0. The minimum absolute atomic E-state index is 0. The first-order valence-electron chi connectivity index (χ1n) is 4.24. The lowest BCUT2D eigenvalue weighted by molar-refractivity contribution is 0.625. The fourth-order valence-corrected chi connectivity index (χ4v) is 1.62. The van der Waals surface area contributed by atoms with Crippen LogP contribution < -0.4 is 5.32 Å². The zero-order valence-corrected chi connectivity index (χ0v) is 8.27. The van der Waals surface area contributed by atoms with Gasteiger partial charge in [0.05, 0.1) is 0 Å². The monoisotopic (exact) mass is 201 g/mol. The molecule has 0 aliphatic heterocycles. The molecular formula is C10H13ClFN. The highest BCUT2D eigenvalue weighted by atomic mass is 35.5. The fraction of sp³-hybridized carbons (Fsp3) is 0.400. The molecule has 13 heavy (non-hydrogen) atoms. The van der Waals surface area contributed by atoms with Crippen LogP contribution >= 0.6 is 12.4 Å². The molecule has 0 unspecified atom stereocenters. The van der Waals surface area contributed by atoms with E-state index in [0.717, 1.165) is 12.0 Å². The van der Waals surface area contributed by atoms with Gasteiger partial charge < -0.3 is 5.32 Å². The predicted octanol–water partition coefficient (Wildman–Crippen LogP) is 2.32. The number of hydrogen-bond acceptors (Lipinski definition) is 1. The number of likely N-dealkylation sites (N-methyl/N-ethyl adjacent to an activating group) is 1. The van der Waals surface area contributed by atoms with Crippen LogP contribution in [0, 0.1) is 5.82 Å². The summed E-state index contributed by atoms with van der Waals surface area (Å²) in [5.74, 6) is 0.403. The third-order valence-corrected chi connectivity index (χ3v) is 2.44. The van der Waals surface area contributed by atoms with Crippen LogP contribution in [0.15, 0.2) is 24.3 Å². The van der Waals surface area contributed by atoms with E-state index in [0.29, 0.717) is 12.0 Å². The van der Waals surface area contributed by atoms with Gasteiger partial charge in [-0.2, -0.15) is 0 Å². The first-order valence-corrected chi connectivity index (χ1v) is 4.24. The summed E-state index contributed by atoms with van der Waals surface area (Å²) in [7, 11) is 1.95. The Balaban J connectivity index is 0.000000845. The lowest BCUT2D eigenvalue weighted by atomic mass is 10.1. The van der Waals surface area contributed by atoms with Gasteiger partial charge in [0.2, 0.25) is 0 Å². The molecule has 3 heteroatoms. The second-order valence-corrected chi connectivity index (χ2v) is 3.29. The van der Waals surface area contributed by atoms with Gasteiger partial charge in [-0.05, 0) is 31.2 Å². The minimum atomic E-state index is -0.130. The molecule has 2 rings (SSSR count). The summed E-state index contributed by atoms with van der Waals surface area (Å²) in [6.07, 6.45) is 1.14. The topological polar surface area (TPSA) is 12.0 Å². The van der Waals surface area contributed by atoms with E-state index in [2.05, 4.69) is 5.32 Å². The molecule has 1 fully saturated rings. The Morgan fingerprint density at radius 2 is 2.23 bits per heavy atom. The van der Waals surface area contributed by atoms with Crippen molar-refractivity contribution in [1.29, 1.82) is 0 Å². The van der Waals surface area contributed by atoms with Gasteiger partial charge in [-0.1, -0.05) is 12.1 Å². The van der Waals surface area contributed by atoms with Crippen molar-refractivity contribution < 1.29 is 4.39 Å². The van der Waals surface area contributed by atoms with Crippen molar-refractivity contribution in [2.45, 2.75) is 18.4 Å². The first kappa shape index (κ1) is 10.5. The zero-order valence-electron chi connectivity index (χ0n) is 7.46. The number of nitrogens with one attached hydrogen (secondary N) is 1. The summed E-state index contributed by atoms with van der Waals surface area (Å²) in [4.78, 5) is 0. The Kier molecular flexibility index (Phi) is 3.28. The third-order valence-electron chi connectivity index (χ3n) is 2.44. The molecule has 1 N–H and O–H groups in total. The Morgan fingerprint density at radius 3 is 2.77 bits per heavy atom. The van der Waals surface area contributed by atoms with Gasteiger partial charge in [-0.25, -0.2) is 4.39 Å². The van der Waals surface area contributed by atoms with Crippen molar-refractivity contribution in [3.05, 3.63) is 35.6 Å². The second-order valence-electron chi connectivity index (χ2n) is 3.29. The standard InChI is InChI=1S/C10H12FN.ClH/c1-12-10-6-9(10)7-3-2-4-8(11)5-7;/h2-5,9-10,12H,6H2,1H3;1H/t9-,10+;/m0./s1. The summed E-state index contributed by atoms with van der Waals surface area (Å²) < 4.78 is 12.8. The van der Waals surface area contributed by atoms with Crippen LogP contribution in [0.1, 0.15) is 17.9 Å². The zero-order chi connectivity index (χ0) is 8.55. The van der Waals surface area contributed by atoms with Crippen LogP contribution in [0.3, 0.4) is 0 Å². The molecule has 1 aromatic rings. The van der Waals surface area contributed by atoms with Gasteiger partial charge in [0.25, 0.3) is 0 Å². The van der Waals surface area contributed by atoms with E-state index in [1.54, 1.807) is 12.1 Å². The van der Waals surface area contributed by atoms with E-state index >= 15 is 0 Å². The van der Waals surface area contributed by atoms with E-state index in [1.165, 1.54) is 6.07 Å². The largest absolute Gasteiger partial charge is 0.316 e. The summed E-state index contributed by atoms with van der Waals surface area (Å²) in [6, 6.07) is 7.44. The smallest absolute Gasteiger partial charge is 0.123 e. The number of benzene rings is 1. The molecule has 0 heterocycles. The predicted molar refractivity (Wildman–Crippen MR) is 53.9 cm³/mol. The van der Waals surface area contributed by atoms with Crippen LogP contribution in [-0.4, -0.2) is 13.1 Å². The maximum Gasteiger partial charge on any atom is 0.123 e. The van der Waals surface area contributed by atoms with Gasteiger partial charge in [0, 0.05) is 12.0 Å². The molecule has 0 saturated heterocycles. The highest BCUT2D eigenvalue weighted by Gasteiger charge is 2.36. The maximum absolute atomic E-state index is 12.8.